The number of hydrogen-bond donors (Lipinski definition) is 1. The Hall–Kier alpha value is -0.240. The number of rotatable bonds is 5. The molecule has 2 aliphatic rings. The highest BCUT2D eigenvalue weighted by molar-refractivity contribution is 6.18. The van der Waals surface area contributed by atoms with Gasteiger partial charge in [-0.1, -0.05) is 19.8 Å². The van der Waals surface area contributed by atoms with Crippen molar-refractivity contribution >= 4 is 17.5 Å². The lowest BCUT2D eigenvalue weighted by atomic mass is 9.88. The molecule has 1 amide bonds. The zero-order valence-electron chi connectivity index (χ0n) is 10.1. The van der Waals surface area contributed by atoms with Crippen molar-refractivity contribution in [1.82, 2.24) is 5.32 Å². The molecule has 2 fully saturated rings. The van der Waals surface area contributed by atoms with Crippen molar-refractivity contribution < 1.29 is 4.79 Å². The molecule has 1 N–H and O–H groups in total. The quantitative estimate of drug-likeness (QED) is 0.740. The smallest absolute Gasteiger partial charge is 0.223 e. The van der Waals surface area contributed by atoms with Crippen molar-refractivity contribution in [3.63, 3.8) is 0 Å². The fraction of sp³-hybridized carbons (Fsp3) is 0.923. The third-order valence-electron chi connectivity index (χ3n) is 4.33. The topological polar surface area (TPSA) is 29.1 Å². The molecule has 0 heterocycles. The average molecular weight is 244 g/mol. The van der Waals surface area contributed by atoms with Crippen molar-refractivity contribution in [1.29, 1.82) is 0 Å². The highest BCUT2D eigenvalue weighted by atomic mass is 35.5. The van der Waals surface area contributed by atoms with Crippen LogP contribution in [0, 0.1) is 17.3 Å². The molecule has 16 heavy (non-hydrogen) atoms. The minimum atomic E-state index is 0.195. The normalized spacial score (nSPS) is 25.4. The monoisotopic (exact) mass is 243 g/mol. The van der Waals surface area contributed by atoms with Crippen LogP contribution >= 0.6 is 11.6 Å². The van der Waals surface area contributed by atoms with Gasteiger partial charge in [0.2, 0.25) is 5.91 Å². The minimum Gasteiger partial charge on any atom is -0.355 e. The predicted octanol–water partition coefficient (Wildman–Crippen LogP) is 2.95. The van der Waals surface area contributed by atoms with Gasteiger partial charge in [0.1, 0.15) is 0 Å². The van der Waals surface area contributed by atoms with Gasteiger partial charge >= 0.3 is 0 Å². The van der Waals surface area contributed by atoms with Gasteiger partial charge in [0.15, 0.2) is 0 Å². The summed E-state index contributed by atoms with van der Waals surface area (Å²) in [6.07, 6.45) is 7.34. The third kappa shape index (κ3) is 2.71. The number of amides is 1. The minimum absolute atomic E-state index is 0.195. The SMILES string of the molecule is CC(C(=O)NCC1(CCl)CCCC1)C1CC1. The summed E-state index contributed by atoms with van der Waals surface area (Å²) in [5.41, 5.74) is 0.195. The van der Waals surface area contributed by atoms with Crippen LogP contribution in [0.3, 0.4) is 0 Å². The van der Waals surface area contributed by atoms with Gasteiger partial charge in [-0.25, -0.2) is 0 Å². The molecule has 92 valence electrons. The number of alkyl halides is 1. The van der Waals surface area contributed by atoms with Gasteiger partial charge < -0.3 is 5.32 Å². The van der Waals surface area contributed by atoms with E-state index in [9.17, 15) is 4.79 Å². The number of carbonyl (C=O) groups is 1. The standard InChI is InChI=1S/C13H22ClNO/c1-10(11-4-5-11)12(16)15-9-13(8-14)6-2-3-7-13/h10-11H,2-9H2,1H3,(H,15,16). The van der Waals surface area contributed by atoms with Crippen LogP contribution < -0.4 is 5.32 Å². The van der Waals surface area contributed by atoms with Gasteiger partial charge in [-0.05, 0) is 31.6 Å². The molecule has 2 nitrogen and oxygen atoms in total. The number of halogens is 1. The summed E-state index contributed by atoms with van der Waals surface area (Å²) in [5, 5.41) is 3.11. The maximum atomic E-state index is 11.9. The Morgan fingerprint density at radius 3 is 2.56 bits per heavy atom. The Balaban J connectivity index is 1.78. The molecular formula is C13H22ClNO. The number of carbonyl (C=O) groups excluding carboxylic acids is 1. The molecule has 0 aromatic carbocycles. The van der Waals surface area contributed by atoms with Crippen molar-refractivity contribution in [2.75, 3.05) is 12.4 Å². The van der Waals surface area contributed by atoms with E-state index in [1.165, 1.54) is 38.5 Å². The molecule has 1 atom stereocenters. The molecule has 0 saturated heterocycles. The van der Waals surface area contributed by atoms with Gasteiger partial charge in [0.05, 0.1) is 0 Å². The summed E-state index contributed by atoms with van der Waals surface area (Å²) >= 11 is 6.05. The van der Waals surface area contributed by atoms with Crippen molar-refractivity contribution in [3.8, 4) is 0 Å². The van der Waals surface area contributed by atoms with E-state index < -0.39 is 0 Å². The second-order valence-electron chi connectivity index (χ2n) is 5.68. The molecule has 0 aromatic heterocycles. The molecule has 0 aromatic rings. The zero-order valence-corrected chi connectivity index (χ0v) is 10.9. The van der Waals surface area contributed by atoms with E-state index in [1.807, 2.05) is 0 Å². The van der Waals surface area contributed by atoms with E-state index in [-0.39, 0.29) is 17.2 Å². The van der Waals surface area contributed by atoms with Crippen LogP contribution in [-0.2, 0) is 4.79 Å². The van der Waals surface area contributed by atoms with E-state index in [2.05, 4.69) is 12.2 Å². The van der Waals surface area contributed by atoms with Crippen molar-refractivity contribution in [2.45, 2.75) is 45.4 Å². The summed E-state index contributed by atoms with van der Waals surface area (Å²) in [5.74, 6) is 1.77. The maximum Gasteiger partial charge on any atom is 0.223 e. The molecule has 0 radical (unpaired) electrons. The first-order valence-electron chi connectivity index (χ1n) is 6.51. The molecule has 0 spiro atoms. The fourth-order valence-corrected chi connectivity index (χ4v) is 3.09. The Morgan fingerprint density at radius 1 is 1.44 bits per heavy atom. The highest BCUT2D eigenvalue weighted by Gasteiger charge is 2.36. The van der Waals surface area contributed by atoms with Crippen LogP contribution in [-0.4, -0.2) is 18.3 Å². The zero-order chi connectivity index (χ0) is 11.6. The molecular weight excluding hydrogens is 222 g/mol. The Morgan fingerprint density at radius 2 is 2.06 bits per heavy atom. The maximum absolute atomic E-state index is 11.9. The molecule has 2 rings (SSSR count). The number of nitrogens with one attached hydrogen (secondary N) is 1. The second-order valence-corrected chi connectivity index (χ2v) is 5.95. The van der Waals surface area contributed by atoms with E-state index in [0.717, 1.165) is 6.54 Å². The Kier molecular flexibility index (Phi) is 3.78. The molecule has 2 aliphatic carbocycles. The second kappa shape index (κ2) is 4.95. The van der Waals surface area contributed by atoms with E-state index in [0.29, 0.717) is 11.8 Å². The first kappa shape index (κ1) is 12.2. The largest absolute Gasteiger partial charge is 0.355 e. The Labute approximate surface area is 103 Å². The molecule has 3 heteroatoms. The fourth-order valence-electron chi connectivity index (χ4n) is 2.73. The van der Waals surface area contributed by atoms with Crippen LogP contribution in [0.2, 0.25) is 0 Å². The summed E-state index contributed by atoms with van der Waals surface area (Å²) in [6.45, 7) is 2.83. The molecule has 1 unspecified atom stereocenters. The van der Waals surface area contributed by atoms with Gasteiger partial charge in [-0.15, -0.1) is 11.6 Å². The average Bonchev–Trinajstić information content (AvgIpc) is 3.05. The van der Waals surface area contributed by atoms with Crippen molar-refractivity contribution in [3.05, 3.63) is 0 Å². The van der Waals surface area contributed by atoms with Gasteiger partial charge in [0.25, 0.3) is 0 Å². The van der Waals surface area contributed by atoms with E-state index >= 15 is 0 Å². The van der Waals surface area contributed by atoms with Crippen LogP contribution in [0.5, 0.6) is 0 Å². The lowest BCUT2D eigenvalue weighted by molar-refractivity contribution is -0.125. The summed E-state index contributed by atoms with van der Waals surface area (Å²) in [4.78, 5) is 11.9. The lowest BCUT2D eigenvalue weighted by Crippen LogP contribution is -2.39. The Bertz CT molecular complexity index is 257. The first-order valence-corrected chi connectivity index (χ1v) is 7.04. The summed E-state index contributed by atoms with van der Waals surface area (Å²) in [6, 6.07) is 0. The van der Waals surface area contributed by atoms with Crippen LogP contribution in [0.1, 0.15) is 45.4 Å². The van der Waals surface area contributed by atoms with E-state index in [1.54, 1.807) is 0 Å². The van der Waals surface area contributed by atoms with Crippen LogP contribution in [0.15, 0.2) is 0 Å². The molecule has 2 saturated carbocycles. The van der Waals surface area contributed by atoms with Gasteiger partial charge in [0, 0.05) is 23.8 Å². The van der Waals surface area contributed by atoms with Crippen LogP contribution in [0.25, 0.3) is 0 Å². The number of hydrogen-bond acceptors (Lipinski definition) is 1. The first-order chi connectivity index (χ1) is 7.67. The van der Waals surface area contributed by atoms with Crippen LogP contribution in [0.4, 0.5) is 0 Å². The van der Waals surface area contributed by atoms with E-state index in [4.69, 9.17) is 11.6 Å². The summed E-state index contributed by atoms with van der Waals surface area (Å²) in [7, 11) is 0. The lowest BCUT2D eigenvalue weighted by Gasteiger charge is -2.27. The predicted molar refractivity (Wildman–Crippen MR) is 66.5 cm³/mol. The third-order valence-corrected chi connectivity index (χ3v) is 4.89. The van der Waals surface area contributed by atoms with Crippen molar-refractivity contribution in [2.24, 2.45) is 17.3 Å². The van der Waals surface area contributed by atoms with Gasteiger partial charge in [-0.2, -0.15) is 0 Å². The molecule has 0 aliphatic heterocycles. The summed E-state index contributed by atoms with van der Waals surface area (Å²) < 4.78 is 0. The van der Waals surface area contributed by atoms with Gasteiger partial charge in [-0.3, -0.25) is 4.79 Å². The molecule has 0 bridgehead atoms. The highest BCUT2D eigenvalue weighted by Crippen LogP contribution is 2.39.